The highest BCUT2D eigenvalue weighted by Gasteiger charge is 2.36. The van der Waals surface area contributed by atoms with Crippen molar-refractivity contribution in [2.75, 3.05) is 6.54 Å². The van der Waals surface area contributed by atoms with E-state index in [4.69, 9.17) is 0 Å². The van der Waals surface area contributed by atoms with Gasteiger partial charge in [-0.1, -0.05) is 26.8 Å². The summed E-state index contributed by atoms with van der Waals surface area (Å²) in [5, 5.41) is 6.38. The van der Waals surface area contributed by atoms with Crippen LogP contribution in [0.3, 0.4) is 0 Å². The Labute approximate surface area is 121 Å². The Balaban J connectivity index is 1.98. The molecule has 1 aromatic rings. The predicted octanol–water partition coefficient (Wildman–Crippen LogP) is 2.04. The van der Waals surface area contributed by atoms with E-state index in [1.54, 1.807) is 6.20 Å². The minimum atomic E-state index is -0.106. The van der Waals surface area contributed by atoms with Crippen LogP contribution in [-0.4, -0.2) is 23.5 Å². The lowest BCUT2D eigenvalue weighted by Gasteiger charge is -2.38. The van der Waals surface area contributed by atoms with E-state index >= 15 is 0 Å². The zero-order valence-electron chi connectivity index (χ0n) is 12.7. The number of hydrogen-bond acceptors (Lipinski definition) is 3. The van der Waals surface area contributed by atoms with Crippen LogP contribution in [0.25, 0.3) is 0 Å². The molecule has 2 N–H and O–H groups in total. The van der Waals surface area contributed by atoms with Crippen molar-refractivity contribution in [3.8, 4) is 0 Å². The summed E-state index contributed by atoms with van der Waals surface area (Å²) in [4.78, 5) is 16.8. The summed E-state index contributed by atoms with van der Waals surface area (Å²) in [6.45, 7) is 7.85. The lowest BCUT2D eigenvalue weighted by Crippen LogP contribution is -2.55. The van der Waals surface area contributed by atoms with Crippen LogP contribution in [0.5, 0.6) is 0 Å². The van der Waals surface area contributed by atoms with E-state index in [1.807, 2.05) is 6.07 Å². The molecule has 2 heterocycles. The highest BCUT2D eigenvalue weighted by Crippen LogP contribution is 2.30. The Hall–Kier alpha value is -1.42. The molecule has 4 nitrogen and oxygen atoms in total. The summed E-state index contributed by atoms with van der Waals surface area (Å²) in [6.07, 6.45) is 4.94. The molecule has 1 atom stereocenters. The van der Waals surface area contributed by atoms with E-state index < -0.39 is 0 Å². The van der Waals surface area contributed by atoms with Gasteiger partial charge in [0.25, 0.3) is 0 Å². The Morgan fingerprint density at radius 3 is 3.05 bits per heavy atom. The van der Waals surface area contributed by atoms with Gasteiger partial charge >= 0.3 is 0 Å². The lowest BCUT2D eigenvalue weighted by molar-refractivity contribution is -0.127. The number of piperidine rings is 1. The molecule has 20 heavy (non-hydrogen) atoms. The van der Waals surface area contributed by atoms with Crippen LogP contribution in [0.4, 0.5) is 0 Å². The van der Waals surface area contributed by atoms with E-state index in [0.717, 1.165) is 31.5 Å². The van der Waals surface area contributed by atoms with E-state index in [-0.39, 0.29) is 17.4 Å². The molecule has 1 aromatic heterocycles. The first-order valence-electron chi connectivity index (χ1n) is 7.48. The van der Waals surface area contributed by atoms with Crippen LogP contribution in [0.15, 0.2) is 18.3 Å². The second-order valence-electron chi connectivity index (χ2n) is 6.16. The van der Waals surface area contributed by atoms with Crippen LogP contribution in [0.2, 0.25) is 0 Å². The van der Waals surface area contributed by atoms with Crippen molar-refractivity contribution in [2.24, 2.45) is 5.41 Å². The van der Waals surface area contributed by atoms with Gasteiger partial charge in [-0.05, 0) is 42.9 Å². The molecular formula is C16H25N3O. The maximum atomic E-state index is 12.4. The number of rotatable bonds is 4. The summed E-state index contributed by atoms with van der Waals surface area (Å²) in [7, 11) is 0. The van der Waals surface area contributed by atoms with Gasteiger partial charge in [0.2, 0.25) is 5.91 Å². The molecular weight excluding hydrogens is 250 g/mol. The third-order valence-corrected chi connectivity index (χ3v) is 4.19. The highest BCUT2D eigenvalue weighted by molar-refractivity contribution is 5.82. The zero-order chi connectivity index (χ0) is 14.6. The van der Waals surface area contributed by atoms with Crippen molar-refractivity contribution in [1.82, 2.24) is 15.6 Å². The van der Waals surface area contributed by atoms with Gasteiger partial charge in [0, 0.05) is 6.20 Å². The van der Waals surface area contributed by atoms with Gasteiger partial charge in [0.15, 0.2) is 0 Å². The molecule has 4 heteroatoms. The van der Waals surface area contributed by atoms with E-state index in [1.165, 1.54) is 5.56 Å². The molecule has 1 aliphatic rings. The third-order valence-electron chi connectivity index (χ3n) is 4.19. The normalized spacial score (nSPS) is 21.4. The molecule has 0 saturated carbocycles. The molecule has 1 aliphatic heterocycles. The van der Waals surface area contributed by atoms with Crippen LogP contribution >= 0.6 is 0 Å². The van der Waals surface area contributed by atoms with Gasteiger partial charge in [0.05, 0.1) is 18.3 Å². The number of carbonyl (C=O) groups is 1. The first-order chi connectivity index (χ1) is 9.54. The predicted molar refractivity (Wildman–Crippen MR) is 80.3 cm³/mol. The number of aryl methyl sites for hydroxylation is 1. The van der Waals surface area contributed by atoms with Gasteiger partial charge in [-0.2, -0.15) is 0 Å². The Morgan fingerprint density at radius 1 is 1.55 bits per heavy atom. The number of nitrogens with one attached hydrogen (secondary N) is 2. The molecule has 0 aromatic carbocycles. The maximum absolute atomic E-state index is 12.4. The first kappa shape index (κ1) is 15.0. The van der Waals surface area contributed by atoms with Crippen LogP contribution in [-0.2, 0) is 17.8 Å². The van der Waals surface area contributed by atoms with Gasteiger partial charge in [0.1, 0.15) is 0 Å². The molecule has 0 bridgehead atoms. The molecule has 1 unspecified atom stereocenters. The highest BCUT2D eigenvalue weighted by atomic mass is 16.2. The molecule has 2 rings (SSSR count). The maximum Gasteiger partial charge on any atom is 0.238 e. The Bertz CT molecular complexity index is 471. The standard InChI is InChI=1S/C16H25N3O/c1-4-12-7-5-9-17-13(12)11-19-15(20)14-16(2,3)8-6-10-18-14/h5,7,9,14,18H,4,6,8,10-11H2,1-3H3,(H,19,20). The molecule has 110 valence electrons. The summed E-state index contributed by atoms with van der Waals surface area (Å²) < 4.78 is 0. The SMILES string of the molecule is CCc1cccnc1CNC(=O)C1NCCCC1(C)C. The van der Waals surface area contributed by atoms with Gasteiger partial charge in [-0.25, -0.2) is 0 Å². The summed E-state index contributed by atoms with van der Waals surface area (Å²) in [5.74, 6) is 0.0856. The van der Waals surface area contributed by atoms with Crippen LogP contribution in [0.1, 0.15) is 44.9 Å². The molecule has 0 spiro atoms. The fraction of sp³-hybridized carbons (Fsp3) is 0.625. The van der Waals surface area contributed by atoms with Crippen molar-refractivity contribution < 1.29 is 4.79 Å². The minimum absolute atomic E-state index is 0.0139. The van der Waals surface area contributed by atoms with Crippen LogP contribution < -0.4 is 10.6 Å². The van der Waals surface area contributed by atoms with Crippen molar-refractivity contribution in [3.05, 3.63) is 29.6 Å². The minimum Gasteiger partial charge on any atom is -0.349 e. The third kappa shape index (κ3) is 3.37. The van der Waals surface area contributed by atoms with Gasteiger partial charge in [-0.3, -0.25) is 9.78 Å². The number of nitrogens with zero attached hydrogens (tertiary/aromatic N) is 1. The van der Waals surface area contributed by atoms with Crippen molar-refractivity contribution in [1.29, 1.82) is 0 Å². The average Bonchev–Trinajstić information content (AvgIpc) is 2.44. The molecule has 0 aliphatic carbocycles. The van der Waals surface area contributed by atoms with Crippen LogP contribution in [0, 0.1) is 5.41 Å². The van der Waals surface area contributed by atoms with Gasteiger partial charge < -0.3 is 10.6 Å². The van der Waals surface area contributed by atoms with Gasteiger partial charge in [-0.15, -0.1) is 0 Å². The topological polar surface area (TPSA) is 54.0 Å². The van der Waals surface area contributed by atoms with E-state index in [9.17, 15) is 4.79 Å². The quantitative estimate of drug-likeness (QED) is 0.884. The molecule has 1 saturated heterocycles. The number of pyridine rings is 1. The lowest BCUT2D eigenvalue weighted by atomic mass is 9.77. The zero-order valence-corrected chi connectivity index (χ0v) is 12.7. The average molecular weight is 275 g/mol. The monoisotopic (exact) mass is 275 g/mol. The largest absolute Gasteiger partial charge is 0.349 e. The van der Waals surface area contributed by atoms with E-state index in [0.29, 0.717) is 6.54 Å². The van der Waals surface area contributed by atoms with E-state index in [2.05, 4.69) is 42.5 Å². The Kier molecular flexibility index (Phi) is 4.76. The number of hydrogen-bond donors (Lipinski definition) is 2. The second-order valence-corrected chi connectivity index (χ2v) is 6.16. The number of aromatic nitrogens is 1. The fourth-order valence-electron chi connectivity index (χ4n) is 2.88. The van der Waals surface area contributed by atoms with Crippen molar-refractivity contribution in [2.45, 2.75) is 52.6 Å². The van der Waals surface area contributed by atoms with Crippen molar-refractivity contribution in [3.63, 3.8) is 0 Å². The molecule has 1 fully saturated rings. The first-order valence-corrected chi connectivity index (χ1v) is 7.48. The summed E-state index contributed by atoms with van der Waals surface area (Å²) in [6, 6.07) is 3.90. The molecule has 0 radical (unpaired) electrons. The summed E-state index contributed by atoms with van der Waals surface area (Å²) in [5.41, 5.74) is 2.18. The second kappa shape index (κ2) is 6.35. The Morgan fingerprint density at radius 2 is 2.35 bits per heavy atom. The summed E-state index contributed by atoms with van der Waals surface area (Å²) >= 11 is 0. The number of amides is 1. The number of carbonyl (C=O) groups excluding carboxylic acids is 1. The van der Waals surface area contributed by atoms with Crippen molar-refractivity contribution >= 4 is 5.91 Å². The fourth-order valence-corrected chi connectivity index (χ4v) is 2.88. The molecule has 1 amide bonds. The smallest absolute Gasteiger partial charge is 0.238 e.